The molecule has 186 valence electrons. The quantitative estimate of drug-likeness (QED) is 0.563. The van der Waals surface area contributed by atoms with E-state index in [2.05, 4.69) is 5.32 Å². The molecule has 1 N–H and O–H groups in total. The van der Waals surface area contributed by atoms with E-state index in [0.717, 1.165) is 31.2 Å². The molecule has 1 saturated carbocycles. The van der Waals surface area contributed by atoms with Crippen LogP contribution in [-0.4, -0.2) is 42.2 Å². The molecule has 0 saturated heterocycles. The van der Waals surface area contributed by atoms with Crippen LogP contribution in [-0.2, 0) is 11.3 Å². The first-order valence-corrected chi connectivity index (χ1v) is 12.4. The number of carbonyl (C=O) groups excluding carboxylic acids is 2. The number of benzene rings is 1. The zero-order valence-electron chi connectivity index (χ0n) is 20.6. The third-order valence-electron chi connectivity index (χ3n) is 7.46. The van der Waals surface area contributed by atoms with Crippen molar-refractivity contribution in [2.24, 2.45) is 0 Å². The van der Waals surface area contributed by atoms with Gasteiger partial charge in [0.25, 0.3) is 5.91 Å². The molecule has 8 heteroatoms. The van der Waals surface area contributed by atoms with Crippen LogP contribution in [0, 0.1) is 0 Å². The summed E-state index contributed by atoms with van der Waals surface area (Å²) in [5.41, 5.74) is 1.19. The Morgan fingerprint density at radius 2 is 1.80 bits per heavy atom. The van der Waals surface area contributed by atoms with Crippen LogP contribution < -0.4 is 19.7 Å². The maximum atomic E-state index is 14.1. The van der Waals surface area contributed by atoms with Gasteiger partial charge in [0.05, 0.1) is 38.2 Å². The van der Waals surface area contributed by atoms with E-state index < -0.39 is 5.54 Å². The lowest BCUT2D eigenvalue weighted by Crippen LogP contribution is -2.65. The second kappa shape index (κ2) is 9.32. The number of ether oxygens (including phenoxy) is 2. The Balaban J connectivity index is 1.60. The predicted molar refractivity (Wildman–Crippen MR) is 133 cm³/mol. The second-order valence-corrected chi connectivity index (χ2v) is 9.75. The van der Waals surface area contributed by atoms with Crippen molar-refractivity contribution < 1.29 is 23.5 Å². The molecule has 0 spiro atoms. The lowest BCUT2D eigenvalue weighted by Gasteiger charge is -2.44. The number of furan rings is 1. The average molecular weight is 480 g/mol. The first kappa shape index (κ1) is 23.3. The number of hydrogen-bond donors (Lipinski definition) is 1. The van der Waals surface area contributed by atoms with E-state index in [4.69, 9.17) is 13.9 Å². The van der Waals surface area contributed by atoms with E-state index in [1.807, 2.05) is 17.6 Å². The molecular formula is C27H33N3O5. The van der Waals surface area contributed by atoms with Gasteiger partial charge in [-0.3, -0.25) is 14.5 Å². The lowest BCUT2D eigenvalue weighted by molar-refractivity contribution is -0.127. The highest BCUT2D eigenvalue weighted by Crippen LogP contribution is 2.41. The minimum Gasteiger partial charge on any atom is -0.497 e. The number of anilines is 1. The van der Waals surface area contributed by atoms with Crippen molar-refractivity contribution in [3.05, 3.63) is 42.3 Å². The van der Waals surface area contributed by atoms with E-state index in [1.54, 1.807) is 49.6 Å². The molecule has 1 atom stereocenters. The molecular weight excluding hydrogens is 446 g/mol. The van der Waals surface area contributed by atoms with Gasteiger partial charge in [0.1, 0.15) is 22.7 Å². The van der Waals surface area contributed by atoms with Gasteiger partial charge < -0.3 is 23.8 Å². The fourth-order valence-corrected chi connectivity index (χ4v) is 5.50. The molecule has 2 aromatic heterocycles. The SMILES string of the molecule is COc1ccc(OC)c(N2C(=O)c3cc4occc4n3C[C@]2(C)C(=O)NC2CCCCCCC2)c1. The van der Waals surface area contributed by atoms with E-state index in [-0.39, 0.29) is 24.4 Å². The summed E-state index contributed by atoms with van der Waals surface area (Å²) in [6, 6.07) is 8.96. The first-order valence-electron chi connectivity index (χ1n) is 12.4. The van der Waals surface area contributed by atoms with Crippen LogP contribution in [0.2, 0.25) is 0 Å². The van der Waals surface area contributed by atoms with Crippen LogP contribution in [0.25, 0.3) is 11.1 Å². The maximum absolute atomic E-state index is 14.1. The first-order chi connectivity index (χ1) is 17.0. The zero-order chi connectivity index (χ0) is 24.6. The molecule has 1 aliphatic heterocycles. The highest BCUT2D eigenvalue weighted by Gasteiger charge is 2.50. The lowest BCUT2D eigenvalue weighted by atomic mass is 9.91. The molecule has 8 nitrogen and oxygen atoms in total. The Hall–Kier alpha value is -3.42. The van der Waals surface area contributed by atoms with Gasteiger partial charge in [0.15, 0.2) is 5.58 Å². The molecule has 5 rings (SSSR count). The summed E-state index contributed by atoms with van der Waals surface area (Å²) < 4.78 is 18.5. The molecule has 0 radical (unpaired) electrons. The number of fused-ring (bicyclic) bond motifs is 3. The van der Waals surface area contributed by atoms with Crippen LogP contribution >= 0.6 is 0 Å². The van der Waals surface area contributed by atoms with Gasteiger partial charge in [0, 0.05) is 24.2 Å². The monoisotopic (exact) mass is 479 g/mol. The number of hydrogen-bond acceptors (Lipinski definition) is 5. The molecule has 1 aliphatic carbocycles. The van der Waals surface area contributed by atoms with Crippen LogP contribution in [0.3, 0.4) is 0 Å². The number of nitrogens with zero attached hydrogens (tertiary/aromatic N) is 2. The minimum absolute atomic E-state index is 0.101. The molecule has 2 aliphatic rings. The number of amides is 2. The second-order valence-electron chi connectivity index (χ2n) is 9.75. The molecule has 35 heavy (non-hydrogen) atoms. The van der Waals surface area contributed by atoms with Crippen molar-refractivity contribution in [1.82, 2.24) is 9.88 Å². The summed E-state index contributed by atoms with van der Waals surface area (Å²) in [4.78, 5) is 29.7. The summed E-state index contributed by atoms with van der Waals surface area (Å²) in [7, 11) is 3.13. The van der Waals surface area contributed by atoms with Gasteiger partial charge >= 0.3 is 0 Å². The normalized spacial score (nSPS) is 21.3. The summed E-state index contributed by atoms with van der Waals surface area (Å²) >= 11 is 0. The van der Waals surface area contributed by atoms with E-state index in [0.29, 0.717) is 28.5 Å². The Morgan fingerprint density at radius 3 is 2.51 bits per heavy atom. The van der Waals surface area contributed by atoms with Crippen molar-refractivity contribution in [3.8, 4) is 11.5 Å². The highest BCUT2D eigenvalue weighted by atomic mass is 16.5. The summed E-state index contributed by atoms with van der Waals surface area (Å²) in [6.45, 7) is 2.12. The third-order valence-corrected chi connectivity index (χ3v) is 7.46. The van der Waals surface area contributed by atoms with Gasteiger partial charge in [-0.1, -0.05) is 32.1 Å². The van der Waals surface area contributed by atoms with Crippen molar-refractivity contribution in [1.29, 1.82) is 0 Å². The molecule has 0 bridgehead atoms. The van der Waals surface area contributed by atoms with Gasteiger partial charge in [0.2, 0.25) is 5.91 Å². The standard InChI is InChI=1S/C27H33N3O5/c1-27(26(32)28-18-9-7-5-4-6-8-10-18)17-29-20-13-14-35-24(20)16-22(29)25(31)30(27)21-15-19(33-2)11-12-23(21)34-3/h11-16,18H,4-10,17H2,1-3H3,(H,28,32)/t27-/m1/s1. The number of carbonyl (C=O) groups is 2. The number of aromatic nitrogens is 1. The number of nitrogens with one attached hydrogen (secondary N) is 1. The summed E-state index contributed by atoms with van der Waals surface area (Å²) in [6.07, 6.45) is 9.37. The topological polar surface area (TPSA) is 85.9 Å². The van der Waals surface area contributed by atoms with Crippen molar-refractivity contribution >= 4 is 28.6 Å². The van der Waals surface area contributed by atoms with Crippen molar-refractivity contribution in [3.63, 3.8) is 0 Å². The highest BCUT2D eigenvalue weighted by molar-refractivity contribution is 6.14. The molecule has 3 heterocycles. The Labute approximate surface area is 205 Å². The van der Waals surface area contributed by atoms with E-state index in [1.165, 1.54) is 19.3 Å². The molecule has 1 aromatic carbocycles. The van der Waals surface area contributed by atoms with Gasteiger partial charge in [-0.15, -0.1) is 0 Å². The van der Waals surface area contributed by atoms with Gasteiger partial charge in [-0.05, 0) is 31.9 Å². The molecule has 3 aromatic rings. The van der Waals surface area contributed by atoms with Crippen molar-refractivity contribution in [2.75, 3.05) is 19.1 Å². The fourth-order valence-electron chi connectivity index (χ4n) is 5.50. The predicted octanol–water partition coefficient (Wildman–Crippen LogP) is 4.90. The molecule has 0 unspecified atom stereocenters. The summed E-state index contributed by atoms with van der Waals surface area (Å²) in [5.74, 6) is 0.612. The molecule has 2 amide bonds. The smallest absolute Gasteiger partial charge is 0.276 e. The van der Waals surface area contributed by atoms with Gasteiger partial charge in [-0.2, -0.15) is 0 Å². The number of methoxy groups -OCH3 is 2. The van der Waals surface area contributed by atoms with Crippen LogP contribution in [0.4, 0.5) is 5.69 Å². The zero-order valence-corrected chi connectivity index (χ0v) is 20.6. The fraction of sp³-hybridized carbons (Fsp3) is 0.481. The van der Waals surface area contributed by atoms with Crippen LogP contribution in [0.15, 0.2) is 41.0 Å². The van der Waals surface area contributed by atoms with E-state index in [9.17, 15) is 9.59 Å². The van der Waals surface area contributed by atoms with Crippen LogP contribution in [0.5, 0.6) is 11.5 Å². The summed E-state index contributed by atoms with van der Waals surface area (Å²) in [5, 5.41) is 3.31. The largest absolute Gasteiger partial charge is 0.497 e. The Kier molecular flexibility index (Phi) is 6.21. The number of rotatable bonds is 5. The van der Waals surface area contributed by atoms with E-state index >= 15 is 0 Å². The average Bonchev–Trinajstić information content (AvgIpc) is 3.43. The Morgan fingerprint density at radius 1 is 1.06 bits per heavy atom. The maximum Gasteiger partial charge on any atom is 0.276 e. The third kappa shape index (κ3) is 4.05. The molecule has 1 fully saturated rings. The minimum atomic E-state index is -1.20. The van der Waals surface area contributed by atoms with Crippen LogP contribution in [0.1, 0.15) is 62.4 Å². The van der Waals surface area contributed by atoms with Crippen molar-refractivity contribution in [2.45, 2.75) is 70.0 Å². The van der Waals surface area contributed by atoms with Gasteiger partial charge in [-0.25, -0.2) is 0 Å². The Bertz CT molecular complexity index is 1240.